The van der Waals surface area contributed by atoms with E-state index in [4.69, 9.17) is 0 Å². The first-order chi connectivity index (χ1) is 9.88. The Balaban J connectivity index is 1.86. The van der Waals surface area contributed by atoms with Crippen molar-refractivity contribution in [1.82, 2.24) is 9.80 Å². The van der Waals surface area contributed by atoms with Crippen LogP contribution in [0.1, 0.15) is 5.56 Å². The molecule has 1 aromatic rings. The number of carbonyl (C=O) groups is 2. The van der Waals surface area contributed by atoms with Crippen LogP contribution in [0.15, 0.2) is 30.3 Å². The number of alkyl halides is 3. The largest absolute Gasteiger partial charge is 0.471 e. The van der Waals surface area contributed by atoms with Crippen molar-refractivity contribution in [2.24, 2.45) is 0 Å². The lowest BCUT2D eigenvalue weighted by molar-refractivity contribution is -0.187. The van der Waals surface area contributed by atoms with Crippen molar-refractivity contribution in [3.63, 3.8) is 0 Å². The van der Waals surface area contributed by atoms with Gasteiger partial charge in [0.25, 0.3) is 0 Å². The van der Waals surface area contributed by atoms with Gasteiger partial charge < -0.3 is 9.80 Å². The maximum absolute atomic E-state index is 12.3. The predicted molar refractivity (Wildman–Crippen MR) is 69.4 cm³/mol. The Hall–Kier alpha value is -2.05. The molecule has 1 heterocycles. The minimum absolute atomic E-state index is 0.0845. The zero-order chi connectivity index (χ0) is 15.5. The zero-order valence-electron chi connectivity index (χ0n) is 11.3. The van der Waals surface area contributed by atoms with E-state index >= 15 is 0 Å². The molecule has 7 heteroatoms. The lowest BCUT2D eigenvalue weighted by Gasteiger charge is -2.35. The minimum Gasteiger partial charge on any atom is -0.339 e. The van der Waals surface area contributed by atoms with Crippen molar-refractivity contribution in [2.45, 2.75) is 12.6 Å². The van der Waals surface area contributed by atoms with E-state index in [1.165, 1.54) is 4.90 Å². The van der Waals surface area contributed by atoms with Crippen LogP contribution in [0.5, 0.6) is 0 Å². The van der Waals surface area contributed by atoms with Gasteiger partial charge in [-0.2, -0.15) is 13.2 Å². The smallest absolute Gasteiger partial charge is 0.339 e. The number of amides is 2. The fraction of sp³-hybridized carbons (Fsp3) is 0.429. The molecule has 0 atom stereocenters. The molecule has 0 spiro atoms. The summed E-state index contributed by atoms with van der Waals surface area (Å²) < 4.78 is 36.9. The van der Waals surface area contributed by atoms with Crippen LogP contribution in [-0.4, -0.2) is 54.0 Å². The van der Waals surface area contributed by atoms with Gasteiger partial charge in [-0.15, -0.1) is 0 Å². The van der Waals surface area contributed by atoms with Crippen molar-refractivity contribution >= 4 is 11.8 Å². The number of rotatable bonds is 2. The van der Waals surface area contributed by atoms with Gasteiger partial charge in [0, 0.05) is 26.2 Å². The first kappa shape index (κ1) is 15.3. The molecule has 2 rings (SSSR count). The molecule has 2 amide bonds. The number of hydrogen-bond donors (Lipinski definition) is 0. The first-order valence-corrected chi connectivity index (χ1v) is 6.56. The third-order valence-electron chi connectivity index (χ3n) is 3.36. The van der Waals surface area contributed by atoms with Crippen molar-refractivity contribution in [3.05, 3.63) is 35.9 Å². The van der Waals surface area contributed by atoms with Crippen LogP contribution in [-0.2, 0) is 16.0 Å². The van der Waals surface area contributed by atoms with Crippen LogP contribution in [0.4, 0.5) is 13.2 Å². The maximum Gasteiger partial charge on any atom is 0.471 e. The van der Waals surface area contributed by atoms with Crippen LogP contribution < -0.4 is 0 Å². The molecule has 1 fully saturated rings. The highest BCUT2D eigenvalue weighted by Gasteiger charge is 2.43. The van der Waals surface area contributed by atoms with Crippen LogP contribution in [0, 0.1) is 0 Å². The predicted octanol–water partition coefficient (Wildman–Crippen LogP) is 1.46. The molecule has 0 N–H and O–H groups in total. The average Bonchev–Trinajstić information content (AvgIpc) is 2.46. The quantitative estimate of drug-likeness (QED) is 0.830. The van der Waals surface area contributed by atoms with Crippen molar-refractivity contribution in [3.8, 4) is 0 Å². The Morgan fingerprint density at radius 1 is 0.952 bits per heavy atom. The maximum atomic E-state index is 12.3. The van der Waals surface area contributed by atoms with E-state index in [1.54, 1.807) is 0 Å². The highest BCUT2D eigenvalue weighted by molar-refractivity contribution is 5.83. The van der Waals surface area contributed by atoms with Crippen LogP contribution >= 0.6 is 0 Å². The number of nitrogens with zero attached hydrogens (tertiary/aromatic N) is 2. The second-order valence-corrected chi connectivity index (χ2v) is 4.83. The summed E-state index contributed by atoms with van der Waals surface area (Å²) in [5, 5.41) is 0. The fourth-order valence-corrected chi connectivity index (χ4v) is 2.22. The SMILES string of the molecule is O=C(Cc1ccccc1)N1CCN(C(=O)C(F)(F)F)CC1. The molecule has 114 valence electrons. The molecule has 0 saturated carbocycles. The Morgan fingerprint density at radius 2 is 1.48 bits per heavy atom. The fourth-order valence-electron chi connectivity index (χ4n) is 2.22. The Bertz CT molecular complexity index is 509. The van der Waals surface area contributed by atoms with Crippen LogP contribution in [0.25, 0.3) is 0 Å². The van der Waals surface area contributed by atoms with E-state index in [1.807, 2.05) is 30.3 Å². The summed E-state index contributed by atoms with van der Waals surface area (Å²) in [7, 11) is 0. The lowest BCUT2D eigenvalue weighted by atomic mass is 10.1. The lowest BCUT2D eigenvalue weighted by Crippen LogP contribution is -2.53. The topological polar surface area (TPSA) is 40.6 Å². The molecule has 0 bridgehead atoms. The van der Waals surface area contributed by atoms with Gasteiger partial charge in [0.2, 0.25) is 5.91 Å². The third kappa shape index (κ3) is 3.96. The Morgan fingerprint density at radius 3 is 2.00 bits per heavy atom. The number of benzene rings is 1. The Kier molecular flexibility index (Phi) is 4.50. The van der Waals surface area contributed by atoms with E-state index in [9.17, 15) is 22.8 Å². The summed E-state index contributed by atoms with van der Waals surface area (Å²) >= 11 is 0. The van der Waals surface area contributed by atoms with Gasteiger partial charge >= 0.3 is 12.1 Å². The number of hydrogen-bond acceptors (Lipinski definition) is 2. The summed E-state index contributed by atoms with van der Waals surface area (Å²) in [6.45, 7) is 0.0960. The third-order valence-corrected chi connectivity index (χ3v) is 3.36. The van der Waals surface area contributed by atoms with Gasteiger partial charge in [0.1, 0.15) is 0 Å². The molecular weight excluding hydrogens is 285 g/mol. The molecule has 0 aromatic heterocycles. The molecule has 0 aliphatic carbocycles. The summed E-state index contributed by atoms with van der Waals surface area (Å²) in [6.07, 6.45) is -4.63. The van der Waals surface area contributed by atoms with Gasteiger partial charge in [-0.05, 0) is 5.56 Å². The summed E-state index contributed by atoms with van der Waals surface area (Å²) in [5.41, 5.74) is 0.858. The molecule has 1 aliphatic rings. The van der Waals surface area contributed by atoms with E-state index in [-0.39, 0.29) is 38.5 Å². The standard InChI is InChI=1S/C14H15F3N2O2/c15-14(16,17)13(21)19-8-6-18(7-9-19)12(20)10-11-4-2-1-3-5-11/h1-5H,6-10H2. The molecule has 21 heavy (non-hydrogen) atoms. The second kappa shape index (κ2) is 6.15. The first-order valence-electron chi connectivity index (χ1n) is 6.56. The van der Waals surface area contributed by atoms with Crippen molar-refractivity contribution < 1.29 is 22.8 Å². The van der Waals surface area contributed by atoms with Gasteiger partial charge in [-0.3, -0.25) is 9.59 Å². The van der Waals surface area contributed by atoms with E-state index < -0.39 is 12.1 Å². The summed E-state index contributed by atoms with van der Waals surface area (Å²) in [4.78, 5) is 25.4. The molecule has 4 nitrogen and oxygen atoms in total. The van der Waals surface area contributed by atoms with Crippen LogP contribution in [0.2, 0.25) is 0 Å². The summed E-state index contributed by atoms with van der Waals surface area (Å²) in [5.74, 6) is -1.97. The normalized spacial score (nSPS) is 16.0. The molecule has 1 aliphatic heterocycles. The van der Waals surface area contributed by atoms with Gasteiger partial charge in [0.15, 0.2) is 0 Å². The molecule has 1 saturated heterocycles. The molecule has 0 radical (unpaired) electrons. The van der Waals surface area contributed by atoms with Gasteiger partial charge in [-0.1, -0.05) is 30.3 Å². The number of piperazine rings is 1. The molecular formula is C14H15F3N2O2. The highest BCUT2D eigenvalue weighted by Crippen LogP contribution is 2.19. The Labute approximate surface area is 120 Å². The van der Waals surface area contributed by atoms with Crippen LogP contribution in [0.3, 0.4) is 0 Å². The van der Waals surface area contributed by atoms with Crippen molar-refractivity contribution in [1.29, 1.82) is 0 Å². The zero-order valence-corrected chi connectivity index (χ0v) is 11.3. The number of halogens is 3. The molecule has 0 unspecified atom stereocenters. The average molecular weight is 300 g/mol. The highest BCUT2D eigenvalue weighted by atomic mass is 19.4. The molecule has 1 aromatic carbocycles. The van der Waals surface area contributed by atoms with Gasteiger partial charge in [0.05, 0.1) is 6.42 Å². The van der Waals surface area contributed by atoms with E-state index in [2.05, 4.69) is 0 Å². The summed E-state index contributed by atoms with van der Waals surface area (Å²) in [6, 6.07) is 9.13. The minimum atomic E-state index is -4.85. The van der Waals surface area contributed by atoms with E-state index in [0.717, 1.165) is 10.5 Å². The van der Waals surface area contributed by atoms with E-state index in [0.29, 0.717) is 0 Å². The van der Waals surface area contributed by atoms with Crippen molar-refractivity contribution in [2.75, 3.05) is 26.2 Å². The monoisotopic (exact) mass is 300 g/mol. The number of carbonyl (C=O) groups excluding carboxylic acids is 2. The van der Waals surface area contributed by atoms with Gasteiger partial charge in [-0.25, -0.2) is 0 Å². The second-order valence-electron chi connectivity index (χ2n) is 4.83.